The van der Waals surface area contributed by atoms with Crippen LogP contribution in [0.4, 0.5) is 0 Å². The predicted octanol–water partition coefficient (Wildman–Crippen LogP) is 2.63. The van der Waals surface area contributed by atoms with Gasteiger partial charge in [-0.2, -0.15) is 4.31 Å². The maximum Gasteiger partial charge on any atom is 0.340 e. The number of esters is 2. The molecule has 0 bridgehead atoms. The number of aromatic amines is 1. The number of aromatic nitrogens is 1. The Morgan fingerprint density at radius 3 is 2.22 bits per heavy atom. The minimum Gasteiger partial charge on any atom is -0.462 e. The minimum atomic E-state index is -3.58. The molecule has 3 rings (SSSR count). The molecule has 1 N–H and O–H groups in total. The highest BCUT2D eigenvalue weighted by Crippen LogP contribution is 2.22. The first-order valence-corrected chi connectivity index (χ1v) is 11.8. The second-order valence-corrected chi connectivity index (χ2v) is 9.42. The number of nitrogens with one attached hydrogen (secondary N) is 1. The Hall–Kier alpha value is -2.98. The monoisotopic (exact) mass is 462 g/mol. The molecule has 1 aliphatic rings. The Balaban J connectivity index is 1.65. The first kappa shape index (κ1) is 23.7. The van der Waals surface area contributed by atoms with Crippen molar-refractivity contribution in [3.8, 4) is 0 Å². The quantitative estimate of drug-likeness (QED) is 0.472. The number of nitrogens with zero attached hydrogens (tertiary/aromatic N) is 1. The van der Waals surface area contributed by atoms with E-state index in [0.29, 0.717) is 24.3 Å². The van der Waals surface area contributed by atoms with E-state index in [9.17, 15) is 22.8 Å². The zero-order valence-electron chi connectivity index (χ0n) is 18.3. The number of sulfonamides is 1. The van der Waals surface area contributed by atoms with Gasteiger partial charge in [0.25, 0.3) is 0 Å². The highest BCUT2D eigenvalue weighted by molar-refractivity contribution is 7.89. The second-order valence-electron chi connectivity index (χ2n) is 7.48. The summed E-state index contributed by atoms with van der Waals surface area (Å²) in [5.74, 6) is -1.78. The summed E-state index contributed by atoms with van der Waals surface area (Å²) in [4.78, 5) is 39.9. The number of aryl methyl sites for hydroxylation is 1. The lowest BCUT2D eigenvalue weighted by Gasteiger charge is -2.15. The van der Waals surface area contributed by atoms with Crippen LogP contribution in [-0.2, 0) is 19.5 Å². The van der Waals surface area contributed by atoms with E-state index >= 15 is 0 Å². The van der Waals surface area contributed by atoms with Crippen molar-refractivity contribution in [1.82, 2.24) is 9.29 Å². The third-order valence-corrected chi connectivity index (χ3v) is 7.24. The Labute approximate surface area is 186 Å². The van der Waals surface area contributed by atoms with Crippen molar-refractivity contribution in [2.45, 2.75) is 38.5 Å². The number of carbonyl (C=O) groups excluding carboxylic acids is 3. The molecule has 0 radical (unpaired) electrons. The highest BCUT2D eigenvalue weighted by Gasteiger charge is 2.27. The van der Waals surface area contributed by atoms with Gasteiger partial charge in [-0.1, -0.05) is 0 Å². The van der Waals surface area contributed by atoms with Crippen LogP contribution in [0.1, 0.15) is 62.2 Å². The zero-order chi connectivity index (χ0) is 23.5. The SMILES string of the molecule is CCOC(=O)c1c(C)[nH]c(C(=O)COC(=O)c2ccc(S(=O)(=O)N3CCCC3)cc2)c1C. The zero-order valence-corrected chi connectivity index (χ0v) is 19.1. The number of rotatable bonds is 8. The van der Waals surface area contributed by atoms with Crippen molar-refractivity contribution in [3.05, 3.63) is 52.3 Å². The van der Waals surface area contributed by atoms with Crippen LogP contribution in [0.3, 0.4) is 0 Å². The Morgan fingerprint density at radius 1 is 1.00 bits per heavy atom. The molecule has 9 nitrogen and oxygen atoms in total. The van der Waals surface area contributed by atoms with Gasteiger partial charge in [-0.05, 0) is 63.4 Å². The van der Waals surface area contributed by atoms with Gasteiger partial charge in [0, 0.05) is 18.8 Å². The Morgan fingerprint density at radius 2 is 1.62 bits per heavy atom. The molecule has 0 saturated carbocycles. The summed E-state index contributed by atoms with van der Waals surface area (Å²) >= 11 is 0. The third-order valence-electron chi connectivity index (χ3n) is 5.32. The van der Waals surface area contributed by atoms with E-state index in [-0.39, 0.29) is 28.3 Å². The molecule has 1 aromatic heterocycles. The van der Waals surface area contributed by atoms with Crippen molar-refractivity contribution in [1.29, 1.82) is 0 Å². The molecule has 2 aromatic rings. The number of carbonyl (C=O) groups is 3. The summed E-state index contributed by atoms with van der Waals surface area (Å²) in [5, 5.41) is 0. The van der Waals surface area contributed by atoms with E-state index in [4.69, 9.17) is 9.47 Å². The molecule has 1 aromatic carbocycles. The topological polar surface area (TPSA) is 123 Å². The van der Waals surface area contributed by atoms with Gasteiger partial charge in [0.2, 0.25) is 15.8 Å². The van der Waals surface area contributed by atoms with Gasteiger partial charge in [0.05, 0.1) is 28.3 Å². The van der Waals surface area contributed by atoms with Crippen molar-refractivity contribution in [2.24, 2.45) is 0 Å². The first-order chi connectivity index (χ1) is 15.2. The number of ether oxygens (including phenoxy) is 2. The number of hydrogen-bond donors (Lipinski definition) is 1. The molecule has 1 saturated heterocycles. The third kappa shape index (κ3) is 4.76. The van der Waals surface area contributed by atoms with Gasteiger partial charge in [0.1, 0.15) is 0 Å². The lowest BCUT2D eigenvalue weighted by molar-refractivity contribution is 0.0472. The van der Waals surface area contributed by atoms with Gasteiger partial charge in [-0.25, -0.2) is 18.0 Å². The summed E-state index contributed by atoms with van der Waals surface area (Å²) in [6.45, 7) is 5.62. The molecule has 0 atom stereocenters. The van der Waals surface area contributed by atoms with E-state index in [1.54, 1.807) is 20.8 Å². The highest BCUT2D eigenvalue weighted by atomic mass is 32.2. The minimum absolute atomic E-state index is 0.107. The van der Waals surface area contributed by atoms with E-state index < -0.39 is 34.4 Å². The largest absolute Gasteiger partial charge is 0.462 e. The van der Waals surface area contributed by atoms with Gasteiger partial charge in [0.15, 0.2) is 6.61 Å². The molecule has 2 heterocycles. The first-order valence-electron chi connectivity index (χ1n) is 10.3. The maximum atomic E-state index is 12.6. The normalized spacial score (nSPS) is 14.3. The van der Waals surface area contributed by atoms with Crippen molar-refractivity contribution < 1.29 is 32.3 Å². The van der Waals surface area contributed by atoms with E-state index in [2.05, 4.69) is 4.98 Å². The predicted molar refractivity (Wildman–Crippen MR) is 115 cm³/mol. The van der Waals surface area contributed by atoms with Crippen LogP contribution in [0.15, 0.2) is 29.2 Å². The molecular formula is C22H26N2O7S. The number of Topliss-reactive ketones (excluding diaryl/α,β-unsaturated/α-hetero) is 1. The van der Waals surface area contributed by atoms with Crippen LogP contribution in [0.25, 0.3) is 0 Å². The smallest absolute Gasteiger partial charge is 0.340 e. The lowest BCUT2D eigenvalue weighted by atomic mass is 10.1. The van der Waals surface area contributed by atoms with E-state index in [0.717, 1.165) is 12.8 Å². The van der Waals surface area contributed by atoms with E-state index in [1.807, 2.05) is 0 Å². The van der Waals surface area contributed by atoms with E-state index in [1.165, 1.54) is 28.6 Å². The molecule has 10 heteroatoms. The summed E-state index contributed by atoms with van der Waals surface area (Å²) in [6.07, 6.45) is 1.66. The molecule has 1 aliphatic heterocycles. The van der Waals surface area contributed by atoms with Crippen LogP contribution < -0.4 is 0 Å². The number of benzene rings is 1. The molecule has 0 aliphatic carbocycles. The average molecular weight is 463 g/mol. The van der Waals surface area contributed by atoms with Crippen molar-refractivity contribution >= 4 is 27.7 Å². The van der Waals surface area contributed by atoms with Crippen molar-refractivity contribution in [2.75, 3.05) is 26.3 Å². The molecule has 172 valence electrons. The van der Waals surface area contributed by atoms with Crippen LogP contribution in [0.2, 0.25) is 0 Å². The number of hydrogen-bond acceptors (Lipinski definition) is 7. The average Bonchev–Trinajstić information content (AvgIpc) is 3.41. The number of ketones is 1. The lowest BCUT2D eigenvalue weighted by Crippen LogP contribution is -2.27. The van der Waals surface area contributed by atoms with Gasteiger partial charge >= 0.3 is 11.9 Å². The fraction of sp³-hybridized carbons (Fsp3) is 0.409. The summed E-state index contributed by atoms with van der Waals surface area (Å²) in [7, 11) is -3.58. The summed E-state index contributed by atoms with van der Waals surface area (Å²) in [6, 6.07) is 5.43. The van der Waals surface area contributed by atoms with Gasteiger partial charge in [-0.15, -0.1) is 0 Å². The molecule has 0 spiro atoms. The summed E-state index contributed by atoms with van der Waals surface area (Å²) in [5.41, 5.74) is 1.51. The standard InChI is InChI=1S/C22H26N2O7S/c1-4-30-22(27)19-14(2)20(23-15(19)3)18(25)13-31-21(26)16-7-9-17(10-8-16)32(28,29)24-11-5-6-12-24/h7-10,23H,4-6,11-13H2,1-3H3. The maximum absolute atomic E-state index is 12.6. The molecule has 0 amide bonds. The molecule has 0 unspecified atom stereocenters. The number of H-pyrrole nitrogens is 1. The Bertz CT molecular complexity index is 1130. The van der Waals surface area contributed by atoms with Crippen molar-refractivity contribution in [3.63, 3.8) is 0 Å². The molecular weight excluding hydrogens is 436 g/mol. The van der Waals surface area contributed by atoms with Crippen LogP contribution in [0.5, 0.6) is 0 Å². The van der Waals surface area contributed by atoms with Gasteiger partial charge in [-0.3, -0.25) is 4.79 Å². The second kappa shape index (κ2) is 9.66. The van der Waals surface area contributed by atoms with Crippen LogP contribution in [0, 0.1) is 13.8 Å². The fourth-order valence-electron chi connectivity index (χ4n) is 3.67. The Kier molecular flexibility index (Phi) is 7.15. The van der Waals surface area contributed by atoms with Crippen LogP contribution in [-0.4, -0.2) is 61.7 Å². The van der Waals surface area contributed by atoms with Crippen LogP contribution >= 0.6 is 0 Å². The molecule has 32 heavy (non-hydrogen) atoms. The van der Waals surface area contributed by atoms with Gasteiger partial charge < -0.3 is 14.5 Å². The summed E-state index contributed by atoms with van der Waals surface area (Å²) < 4.78 is 36.7. The molecule has 1 fully saturated rings. The fourth-order valence-corrected chi connectivity index (χ4v) is 5.18.